The summed E-state index contributed by atoms with van der Waals surface area (Å²) >= 11 is 0. The van der Waals surface area contributed by atoms with E-state index in [1.54, 1.807) is 20.2 Å². The molecule has 0 spiro atoms. The van der Waals surface area contributed by atoms with Gasteiger partial charge in [-0.2, -0.15) is 0 Å². The summed E-state index contributed by atoms with van der Waals surface area (Å²) < 4.78 is 30.6. The average molecular weight is 557 g/mol. The molecule has 1 unspecified atom stereocenters. The second kappa shape index (κ2) is 13.5. The van der Waals surface area contributed by atoms with E-state index in [4.69, 9.17) is 14.2 Å². The molecule has 2 aromatic carbocycles. The normalized spacial score (nSPS) is 14.3. The lowest BCUT2D eigenvalue weighted by atomic mass is 10.1. The van der Waals surface area contributed by atoms with E-state index < -0.39 is 0 Å². The van der Waals surface area contributed by atoms with E-state index in [-0.39, 0.29) is 35.8 Å². The zero-order valence-corrected chi connectivity index (χ0v) is 21.2. The standard InChI is InChI=1S/C24H32FN3O3.HI/c1-17(20-9-10-23(22(25)14-20)31-16-18-7-8-18)28-24(26-2)27-15-19-5-4-6-21(13-19)30-12-11-29-3;/h4-6,9-10,13-14,17-18H,7-8,11-12,15-16H2,1-3H3,(H2,26,27,28);1H. The lowest BCUT2D eigenvalue weighted by Crippen LogP contribution is -2.38. The van der Waals surface area contributed by atoms with E-state index in [9.17, 15) is 4.39 Å². The van der Waals surface area contributed by atoms with Gasteiger partial charge < -0.3 is 24.8 Å². The molecule has 1 saturated carbocycles. The van der Waals surface area contributed by atoms with Crippen LogP contribution in [0.25, 0.3) is 0 Å². The number of aliphatic imine (C=N–C) groups is 1. The van der Waals surface area contributed by atoms with Crippen molar-refractivity contribution in [2.75, 3.05) is 34.0 Å². The van der Waals surface area contributed by atoms with Gasteiger partial charge in [0.15, 0.2) is 17.5 Å². The van der Waals surface area contributed by atoms with Gasteiger partial charge in [-0.1, -0.05) is 18.2 Å². The van der Waals surface area contributed by atoms with Gasteiger partial charge in [0.25, 0.3) is 0 Å². The first-order valence-corrected chi connectivity index (χ1v) is 10.7. The van der Waals surface area contributed by atoms with Crippen LogP contribution in [0.4, 0.5) is 4.39 Å². The number of benzene rings is 2. The van der Waals surface area contributed by atoms with Crippen LogP contribution in [0.2, 0.25) is 0 Å². The zero-order valence-electron chi connectivity index (χ0n) is 18.9. The van der Waals surface area contributed by atoms with Crippen LogP contribution in [-0.2, 0) is 11.3 Å². The molecule has 2 aromatic rings. The number of ether oxygens (including phenoxy) is 3. The minimum absolute atomic E-state index is 0. The molecule has 1 atom stereocenters. The molecule has 0 heterocycles. The van der Waals surface area contributed by atoms with Crippen molar-refractivity contribution in [3.8, 4) is 11.5 Å². The van der Waals surface area contributed by atoms with Crippen LogP contribution >= 0.6 is 24.0 Å². The van der Waals surface area contributed by atoms with Gasteiger partial charge in [0, 0.05) is 20.7 Å². The van der Waals surface area contributed by atoms with Crippen molar-refractivity contribution >= 4 is 29.9 Å². The summed E-state index contributed by atoms with van der Waals surface area (Å²) in [5, 5.41) is 6.59. The van der Waals surface area contributed by atoms with Crippen molar-refractivity contribution in [1.29, 1.82) is 0 Å². The molecule has 1 aliphatic carbocycles. The van der Waals surface area contributed by atoms with E-state index in [1.165, 1.54) is 18.9 Å². The van der Waals surface area contributed by atoms with Gasteiger partial charge in [0.1, 0.15) is 12.4 Å². The Kier molecular flexibility index (Phi) is 11.0. The minimum Gasteiger partial charge on any atom is -0.491 e. The predicted octanol–water partition coefficient (Wildman–Crippen LogP) is 4.68. The smallest absolute Gasteiger partial charge is 0.191 e. The van der Waals surface area contributed by atoms with Crippen LogP contribution < -0.4 is 20.1 Å². The molecule has 0 saturated heterocycles. The van der Waals surface area contributed by atoms with Crippen LogP contribution in [0.5, 0.6) is 11.5 Å². The van der Waals surface area contributed by atoms with E-state index >= 15 is 0 Å². The van der Waals surface area contributed by atoms with E-state index in [1.807, 2.05) is 37.3 Å². The molecular formula is C24H33FIN3O3. The Hall–Kier alpha value is -2.07. The molecule has 0 aliphatic heterocycles. The number of halogens is 2. The minimum atomic E-state index is -0.333. The molecular weight excluding hydrogens is 524 g/mol. The highest BCUT2D eigenvalue weighted by Crippen LogP contribution is 2.30. The van der Waals surface area contributed by atoms with Crippen molar-refractivity contribution in [3.05, 3.63) is 59.4 Å². The summed E-state index contributed by atoms with van der Waals surface area (Å²) in [7, 11) is 3.36. The first-order chi connectivity index (χ1) is 15.1. The van der Waals surface area contributed by atoms with Crippen molar-refractivity contribution in [2.24, 2.45) is 10.9 Å². The Bertz CT molecular complexity index is 877. The van der Waals surface area contributed by atoms with Crippen LogP contribution in [0.3, 0.4) is 0 Å². The first kappa shape index (κ1) is 26.2. The maximum atomic E-state index is 14.4. The predicted molar refractivity (Wildman–Crippen MR) is 136 cm³/mol. The van der Waals surface area contributed by atoms with Crippen LogP contribution in [0.15, 0.2) is 47.5 Å². The summed E-state index contributed by atoms with van der Waals surface area (Å²) in [6.07, 6.45) is 2.36. The molecule has 2 N–H and O–H groups in total. The molecule has 8 heteroatoms. The fraction of sp³-hybridized carbons (Fsp3) is 0.458. The van der Waals surface area contributed by atoms with Crippen molar-refractivity contribution in [2.45, 2.75) is 32.4 Å². The molecule has 3 rings (SSSR count). The molecule has 1 aliphatic rings. The van der Waals surface area contributed by atoms with Gasteiger partial charge in [0.05, 0.1) is 19.3 Å². The third kappa shape index (κ3) is 8.46. The Morgan fingerprint density at radius 2 is 1.97 bits per heavy atom. The number of methoxy groups -OCH3 is 1. The van der Waals surface area contributed by atoms with Crippen molar-refractivity contribution in [1.82, 2.24) is 10.6 Å². The highest BCUT2D eigenvalue weighted by atomic mass is 127. The van der Waals surface area contributed by atoms with Crippen LogP contribution in [-0.4, -0.2) is 39.9 Å². The number of hydrogen-bond donors (Lipinski definition) is 2. The highest BCUT2D eigenvalue weighted by molar-refractivity contribution is 14.0. The van der Waals surface area contributed by atoms with Gasteiger partial charge in [-0.05, 0) is 61.1 Å². The van der Waals surface area contributed by atoms with Crippen LogP contribution in [0, 0.1) is 11.7 Å². The molecule has 0 radical (unpaired) electrons. The summed E-state index contributed by atoms with van der Waals surface area (Å²) in [4.78, 5) is 4.28. The lowest BCUT2D eigenvalue weighted by molar-refractivity contribution is 0.146. The lowest BCUT2D eigenvalue weighted by Gasteiger charge is -2.19. The topological polar surface area (TPSA) is 64.1 Å². The third-order valence-electron chi connectivity index (χ3n) is 5.12. The largest absolute Gasteiger partial charge is 0.491 e. The fourth-order valence-electron chi connectivity index (χ4n) is 3.05. The Morgan fingerprint density at radius 3 is 2.66 bits per heavy atom. The molecule has 0 amide bonds. The molecule has 0 aromatic heterocycles. The summed E-state index contributed by atoms with van der Waals surface area (Å²) in [5.74, 6) is 2.00. The highest BCUT2D eigenvalue weighted by Gasteiger charge is 2.22. The molecule has 176 valence electrons. The second-order valence-corrected chi connectivity index (χ2v) is 7.72. The van der Waals surface area contributed by atoms with Gasteiger partial charge in [-0.25, -0.2) is 4.39 Å². The van der Waals surface area contributed by atoms with Gasteiger partial charge in [0.2, 0.25) is 0 Å². The monoisotopic (exact) mass is 557 g/mol. The third-order valence-corrected chi connectivity index (χ3v) is 5.12. The molecule has 0 bridgehead atoms. The number of guanidine groups is 1. The Balaban J connectivity index is 0.00000363. The molecule has 6 nitrogen and oxygen atoms in total. The number of nitrogens with zero attached hydrogens (tertiary/aromatic N) is 1. The van der Waals surface area contributed by atoms with Crippen molar-refractivity contribution < 1.29 is 18.6 Å². The Labute approximate surface area is 207 Å². The Morgan fingerprint density at radius 1 is 1.16 bits per heavy atom. The van der Waals surface area contributed by atoms with E-state index in [2.05, 4.69) is 15.6 Å². The van der Waals surface area contributed by atoms with Gasteiger partial charge in [-0.15, -0.1) is 24.0 Å². The average Bonchev–Trinajstić information content (AvgIpc) is 3.60. The van der Waals surface area contributed by atoms with Crippen molar-refractivity contribution in [3.63, 3.8) is 0 Å². The number of nitrogens with one attached hydrogen (secondary N) is 2. The van der Waals surface area contributed by atoms with Crippen LogP contribution in [0.1, 0.15) is 36.9 Å². The number of hydrogen-bond acceptors (Lipinski definition) is 4. The maximum absolute atomic E-state index is 14.4. The SMILES string of the molecule is CN=C(NCc1cccc(OCCOC)c1)NC(C)c1ccc(OCC2CC2)c(F)c1.I. The summed E-state index contributed by atoms with van der Waals surface area (Å²) in [6.45, 7) is 4.20. The van der Waals surface area contributed by atoms with E-state index in [0.29, 0.717) is 44.0 Å². The molecule has 1 fully saturated rings. The zero-order chi connectivity index (χ0) is 22.1. The maximum Gasteiger partial charge on any atom is 0.191 e. The first-order valence-electron chi connectivity index (χ1n) is 10.7. The van der Waals surface area contributed by atoms with Gasteiger partial charge >= 0.3 is 0 Å². The summed E-state index contributed by atoms with van der Waals surface area (Å²) in [6, 6.07) is 12.9. The second-order valence-electron chi connectivity index (χ2n) is 7.72. The quantitative estimate of drug-likeness (QED) is 0.182. The van der Waals surface area contributed by atoms with Gasteiger partial charge in [-0.3, -0.25) is 4.99 Å². The fourth-order valence-corrected chi connectivity index (χ4v) is 3.05. The van der Waals surface area contributed by atoms with E-state index in [0.717, 1.165) is 16.9 Å². The summed E-state index contributed by atoms with van der Waals surface area (Å²) in [5.41, 5.74) is 1.89. The number of rotatable bonds is 11. The molecule has 32 heavy (non-hydrogen) atoms.